The summed E-state index contributed by atoms with van der Waals surface area (Å²) in [6, 6.07) is 13.5. The molecule has 9 heteroatoms. The van der Waals surface area contributed by atoms with Crippen LogP contribution in [0.25, 0.3) is 0 Å². The number of carbonyl (C=O) groups excluding carboxylic acids is 1. The average Bonchev–Trinajstić information content (AvgIpc) is 2.82. The molecule has 0 spiro atoms. The number of carbonyl (C=O) groups is 1. The summed E-state index contributed by atoms with van der Waals surface area (Å²) in [5.41, 5.74) is 1.69. The molecule has 0 bridgehead atoms. The molecule has 2 aromatic heterocycles. The molecule has 1 aromatic carbocycles. The first kappa shape index (κ1) is 24.9. The highest BCUT2D eigenvalue weighted by atomic mass is 16.6. The first-order valence-electron chi connectivity index (χ1n) is 11.8. The lowest BCUT2D eigenvalue weighted by molar-refractivity contribution is -0.0245. The maximum absolute atomic E-state index is 11.9. The largest absolute Gasteiger partial charge is 0.489 e. The van der Waals surface area contributed by atoms with Gasteiger partial charge in [0.15, 0.2) is 5.75 Å². The number of hydrogen-bond acceptors (Lipinski definition) is 8. The van der Waals surface area contributed by atoms with Gasteiger partial charge in [0.1, 0.15) is 29.8 Å². The van der Waals surface area contributed by atoms with Gasteiger partial charge in [-0.3, -0.25) is 4.98 Å². The molecule has 4 rings (SSSR count). The van der Waals surface area contributed by atoms with E-state index in [-0.39, 0.29) is 29.5 Å². The van der Waals surface area contributed by atoms with Gasteiger partial charge in [0.2, 0.25) is 5.82 Å². The average molecular weight is 488 g/mol. The molecule has 1 atom stereocenters. The van der Waals surface area contributed by atoms with E-state index in [1.54, 1.807) is 6.20 Å². The highest BCUT2D eigenvalue weighted by molar-refractivity contribution is 5.68. The number of alkyl carbamates (subject to hydrolysis) is 1. The van der Waals surface area contributed by atoms with Crippen molar-refractivity contribution in [2.24, 2.45) is 0 Å². The standard InChI is InChI=1S/C27H29N5O4/c1-17(18-5-7-19(8-6-18)34-23-15-30-25(13-28)31-16-23)24-10-9-20(14-29-24)35-21-11-22(12-21)36-26(33)32-27(2,3)4/h5-10,14-17,21-22H,11-12H2,1-4H3,(H,32,33). The van der Waals surface area contributed by atoms with Gasteiger partial charge in [-0.25, -0.2) is 14.8 Å². The van der Waals surface area contributed by atoms with Gasteiger partial charge in [-0.2, -0.15) is 5.26 Å². The summed E-state index contributed by atoms with van der Waals surface area (Å²) in [6.07, 6.45) is 5.49. The lowest BCUT2D eigenvalue weighted by Gasteiger charge is -2.35. The Bertz CT molecular complexity index is 1210. The summed E-state index contributed by atoms with van der Waals surface area (Å²) in [6.45, 7) is 7.83. The van der Waals surface area contributed by atoms with Gasteiger partial charge in [-0.1, -0.05) is 19.1 Å². The molecule has 186 valence electrons. The number of rotatable bonds is 7. The van der Waals surface area contributed by atoms with Crippen molar-refractivity contribution >= 4 is 6.09 Å². The number of nitriles is 1. The Balaban J connectivity index is 1.26. The third kappa shape index (κ3) is 6.69. The monoisotopic (exact) mass is 487 g/mol. The van der Waals surface area contributed by atoms with Crippen molar-refractivity contribution in [1.29, 1.82) is 5.26 Å². The molecule has 1 amide bonds. The molecule has 1 aliphatic carbocycles. The van der Waals surface area contributed by atoms with Gasteiger partial charge in [-0.15, -0.1) is 0 Å². The van der Waals surface area contributed by atoms with Crippen LogP contribution < -0.4 is 14.8 Å². The van der Waals surface area contributed by atoms with Gasteiger partial charge in [0.05, 0.1) is 18.6 Å². The third-order valence-electron chi connectivity index (χ3n) is 5.65. The lowest BCUT2D eigenvalue weighted by Crippen LogP contribution is -2.46. The Labute approximate surface area is 210 Å². The predicted octanol–water partition coefficient (Wildman–Crippen LogP) is 5.12. The van der Waals surface area contributed by atoms with E-state index in [9.17, 15) is 4.79 Å². The van der Waals surface area contributed by atoms with E-state index >= 15 is 0 Å². The van der Waals surface area contributed by atoms with Crippen LogP contribution >= 0.6 is 0 Å². The van der Waals surface area contributed by atoms with E-state index in [1.807, 2.05) is 63.2 Å². The molecule has 1 saturated carbocycles. The first-order valence-corrected chi connectivity index (χ1v) is 11.8. The number of benzene rings is 1. The molecule has 1 fully saturated rings. The summed E-state index contributed by atoms with van der Waals surface area (Å²) >= 11 is 0. The van der Waals surface area contributed by atoms with Crippen LogP contribution in [0.1, 0.15) is 63.5 Å². The quantitative estimate of drug-likeness (QED) is 0.488. The number of amides is 1. The van der Waals surface area contributed by atoms with Crippen molar-refractivity contribution in [3.63, 3.8) is 0 Å². The minimum absolute atomic E-state index is 0.0107. The third-order valence-corrected chi connectivity index (χ3v) is 5.65. The summed E-state index contributed by atoms with van der Waals surface area (Å²) < 4.78 is 17.1. The molecule has 0 saturated heterocycles. The second kappa shape index (κ2) is 10.6. The summed E-state index contributed by atoms with van der Waals surface area (Å²) in [4.78, 5) is 24.3. The van der Waals surface area contributed by atoms with E-state index in [2.05, 4.69) is 27.2 Å². The topological polar surface area (TPSA) is 119 Å². The van der Waals surface area contributed by atoms with Gasteiger partial charge in [0.25, 0.3) is 0 Å². The Kier molecular flexibility index (Phi) is 7.34. The van der Waals surface area contributed by atoms with Crippen molar-refractivity contribution in [1.82, 2.24) is 20.3 Å². The highest BCUT2D eigenvalue weighted by Gasteiger charge is 2.34. The van der Waals surface area contributed by atoms with Crippen molar-refractivity contribution in [3.8, 4) is 23.3 Å². The van der Waals surface area contributed by atoms with Crippen LogP contribution in [0.5, 0.6) is 17.2 Å². The van der Waals surface area contributed by atoms with Crippen molar-refractivity contribution in [2.75, 3.05) is 0 Å². The zero-order chi connectivity index (χ0) is 25.7. The summed E-state index contributed by atoms with van der Waals surface area (Å²) in [5.74, 6) is 1.98. The van der Waals surface area contributed by atoms with E-state index in [4.69, 9.17) is 19.5 Å². The molecule has 2 heterocycles. The Morgan fingerprint density at radius 1 is 0.972 bits per heavy atom. The molecule has 3 aromatic rings. The number of pyridine rings is 1. The fourth-order valence-corrected chi connectivity index (χ4v) is 3.66. The normalized spacial score (nSPS) is 17.8. The van der Waals surface area contributed by atoms with Crippen molar-refractivity contribution in [2.45, 2.75) is 64.2 Å². The summed E-state index contributed by atoms with van der Waals surface area (Å²) in [5, 5.41) is 11.6. The molecule has 0 aliphatic heterocycles. The van der Waals surface area contributed by atoms with Gasteiger partial charge in [-0.05, 0) is 50.6 Å². The Morgan fingerprint density at radius 3 is 2.19 bits per heavy atom. The molecule has 36 heavy (non-hydrogen) atoms. The van der Waals surface area contributed by atoms with E-state index in [0.29, 0.717) is 30.1 Å². The summed E-state index contributed by atoms with van der Waals surface area (Å²) in [7, 11) is 0. The fraction of sp³-hybridized carbons (Fsp3) is 0.370. The van der Waals surface area contributed by atoms with Crippen LogP contribution in [0, 0.1) is 11.3 Å². The molecule has 1 aliphatic rings. The van der Waals surface area contributed by atoms with Crippen LogP contribution in [0.2, 0.25) is 0 Å². The van der Waals surface area contributed by atoms with E-state index in [0.717, 1.165) is 11.3 Å². The van der Waals surface area contributed by atoms with E-state index < -0.39 is 6.09 Å². The maximum Gasteiger partial charge on any atom is 0.407 e. The van der Waals surface area contributed by atoms with Crippen LogP contribution in [0.15, 0.2) is 55.0 Å². The number of nitrogens with zero attached hydrogens (tertiary/aromatic N) is 4. The van der Waals surface area contributed by atoms with Crippen LogP contribution in [-0.4, -0.2) is 38.8 Å². The highest BCUT2D eigenvalue weighted by Crippen LogP contribution is 2.30. The van der Waals surface area contributed by atoms with Crippen LogP contribution in [0.3, 0.4) is 0 Å². The number of ether oxygens (including phenoxy) is 3. The van der Waals surface area contributed by atoms with Gasteiger partial charge in [0, 0.05) is 30.0 Å². The molecule has 1 N–H and O–H groups in total. The fourth-order valence-electron chi connectivity index (χ4n) is 3.66. The zero-order valence-corrected chi connectivity index (χ0v) is 20.8. The number of hydrogen-bond donors (Lipinski definition) is 1. The second-order valence-corrected chi connectivity index (χ2v) is 9.78. The lowest BCUT2D eigenvalue weighted by atomic mass is 9.92. The number of nitrogens with one attached hydrogen (secondary N) is 1. The Morgan fingerprint density at radius 2 is 1.61 bits per heavy atom. The second-order valence-electron chi connectivity index (χ2n) is 9.78. The Hall–Kier alpha value is -4.19. The predicted molar refractivity (Wildman–Crippen MR) is 132 cm³/mol. The minimum Gasteiger partial charge on any atom is -0.489 e. The minimum atomic E-state index is -0.395. The zero-order valence-electron chi connectivity index (χ0n) is 20.8. The van der Waals surface area contributed by atoms with Crippen LogP contribution in [-0.2, 0) is 4.74 Å². The molecular formula is C27H29N5O4. The molecule has 1 unspecified atom stereocenters. The van der Waals surface area contributed by atoms with E-state index in [1.165, 1.54) is 12.4 Å². The first-order chi connectivity index (χ1) is 17.2. The smallest absolute Gasteiger partial charge is 0.407 e. The van der Waals surface area contributed by atoms with Crippen molar-refractivity contribution < 1.29 is 19.0 Å². The van der Waals surface area contributed by atoms with Crippen molar-refractivity contribution in [3.05, 3.63) is 72.1 Å². The molecule has 0 radical (unpaired) electrons. The number of aromatic nitrogens is 3. The molecular weight excluding hydrogens is 458 g/mol. The maximum atomic E-state index is 11.9. The van der Waals surface area contributed by atoms with Crippen LogP contribution in [0.4, 0.5) is 4.79 Å². The van der Waals surface area contributed by atoms with Gasteiger partial charge >= 0.3 is 6.09 Å². The van der Waals surface area contributed by atoms with Gasteiger partial charge < -0.3 is 19.5 Å². The SMILES string of the molecule is CC(c1ccc(Oc2cnc(C#N)nc2)cc1)c1ccc(OC2CC(OC(=O)NC(C)(C)C)C2)cn1. The molecule has 9 nitrogen and oxygen atoms in total.